The highest BCUT2D eigenvalue weighted by molar-refractivity contribution is 5.95. The summed E-state index contributed by atoms with van der Waals surface area (Å²) in [4.78, 5) is 29.3. The number of nitro groups is 1. The van der Waals surface area contributed by atoms with Gasteiger partial charge in [-0.3, -0.25) is 14.9 Å². The first-order valence-electron chi connectivity index (χ1n) is 9.35. The Kier molecular flexibility index (Phi) is 6.76. The molecule has 0 bridgehead atoms. The van der Waals surface area contributed by atoms with E-state index in [1.165, 1.54) is 29.2 Å². The second kappa shape index (κ2) is 9.66. The van der Waals surface area contributed by atoms with Crippen LogP contribution in [0.25, 0.3) is 5.69 Å². The Morgan fingerprint density at radius 2 is 2.00 bits per heavy atom. The zero-order chi connectivity index (χ0) is 21.5. The Balaban J connectivity index is 1.62. The standard InChI is InChI=1S/C21H23N5O4/c1-24(2)11-12-30-18-6-3-16(4-7-18)14-23-21(27)17-5-8-19(20(13-17)26(28)29)25-10-9-22-15-25/h3-10,13,15H,11-12,14H2,1-2H3,(H,23,27). The lowest BCUT2D eigenvalue weighted by atomic mass is 10.1. The van der Waals surface area contributed by atoms with Crippen molar-refractivity contribution in [2.75, 3.05) is 27.2 Å². The van der Waals surface area contributed by atoms with E-state index in [4.69, 9.17) is 4.74 Å². The van der Waals surface area contributed by atoms with Gasteiger partial charge in [0.15, 0.2) is 0 Å². The van der Waals surface area contributed by atoms with Crippen LogP contribution in [0.4, 0.5) is 5.69 Å². The Labute approximate surface area is 174 Å². The van der Waals surface area contributed by atoms with Gasteiger partial charge in [0.25, 0.3) is 11.6 Å². The zero-order valence-electron chi connectivity index (χ0n) is 16.8. The molecule has 1 amide bonds. The molecule has 0 aliphatic heterocycles. The van der Waals surface area contributed by atoms with Crippen LogP contribution in [0.1, 0.15) is 15.9 Å². The van der Waals surface area contributed by atoms with Crippen molar-refractivity contribution in [2.24, 2.45) is 0 Å². The van der Waals surface area contributed by atoms with Crippen LogP contribution in [0.5, 0.6) is 5.75 Å². The SMILES string of the molecule is CN(C)CCOc1ccc(CNC(=O)c2ccc(-n3ccnc3)c([N+](=O)[O-])c2)cc1. The summed E-state index contributed by atoms with van der Waals surface area (Å²) in [6.07, 6.45) is 4.61. The summed E-state index contributed by atoms with van der Waals surface area (Å²) in [5.41, 5.74) is 1.29. The van der Waals surface area contributed by atoms with Gasteiger partial charge in [0.2, 0.25) is 0 Å². The molecule has 3 rings (SSSR count). The maximum absolute atomic E-state index is 12.5. The van der Waals surface area contributed by atoms with E-state index in [1.807, 2.05) is 43.3 Å². The zero-order valence-corrected chi connectivity index (χ0v) is 16.8. The molecule has 1 aromatic heterocycles. The van der Waals surface area contributed by atoms with Gasteiger partial charge in [-0.25, -0.2) is 4.98 Å². The first kappa shape index (κ1) is 21.0. The van der Waals surface area contributed by atoms with Gasteiger partial charge >= 0.3 is 0 Å². The number of carbonyl (C=O) groups excluding carboxylic acids is 1. The molecule has 3 aromatic rings. The average molecular weight is 409 g/mol. The van der Waals surface area contributed by atoms with Crippen molar-refractivity contribution in [2.45, 2.75) is 6.54 Å². The molecule has 0 aliphatic carbocycles. The number of nitrogens with zero attached hydrogens (tertiary/aromatic N) is 4. The number of carbonyl (C=O) groups is 1. The molecule has 1 N–H and O–H groups in total. The van der Waals surface area contributed by atoms with Crippen molar-refractivity contribution in [1.82, 2.24) is 19.8 Å². The number of likely N-dealkylation sites (N-methyl/N-ethyl adjacent to an activating group) is 1. The normalized spacial score (nSPS) is 10.8. The van der Waals surface area contributed by atoms with Crippen molar-refractivity contribution < 1.29 is 14.5 Å². The summed E-state index contributed by atoms with van der Waals surface area (Å²) in [6, 6.07) is 11.8. The lowest BCUT2D eigenvalue weighted by Gasteiger charge is -2.11. The smallest absolute Gasteiger partial charge is 0.294 e. The molecule has 0 aliphatic rings. The third-order valence-corrected chi connectivity index (χ3v) is 4.40. The first-order chi connectivity index (χ1) is 14.4. The lowest BCUT2D eigenvalue weighted by molar-refractivity contribution is -0.384. The van der Waals surface area contributed by atoms with Gasteiger partial charge in [-0.15, -0.1) is 0 Å². The topological polar surface area (TPSA) is 103 Å². The molecule has 0 unspecified atom stereocenters. The van der Waals surface area contributed by atoms with Crippen molar-refractivity contribution in [3.63, 3.8) is 0 Å². The fraction of sp³-hybridized carbons (Fsp3) is 0.238. The summed E-state index contributed by atoms with van der Waals surface area (Å²) in [7, 11) is 3.96. The monoisotopic (exact) mass is 409 g/mol. The van der Waals surface area contributed by atoms with Gasteiger partial charge < -0.3 is 19.5 Å². The molecule has 9 nitrogen and oxygen atoms in total. The summed E-state index contributed by atoms with van der Waals surface area (Å²) >= 11 is 0. The molecule has 0 radical (unpaired) electrons. The minimum absolute atomic E-state index is 0.167. The van der Waals surface area contributed by atoms with Crippen molar-refractivity contribution in [1.29, 1.82) is 0 Å². The van der Waals surface area contributed by atoms with Gasteiger partial charge in [-0.2, -0.15) is 0 Å². The number of imidazole rings is 1. The number of nitrogens with one attached hydrogen (secondary N) is 1. The van der Waals surface area contributed by atoms with Crippen LogP contribution in [0, 0.1) is 10.1 Å². The van der Waals surface area contributed by atoms with Crippen molar-refractivity contribution >= 4 is 11.6 Å². The molecule has 2 aromatic carbocycles. The fourth-order valence-electron chi connectivity index (χ4n) is 2.76. The maximum Gasteiger partial charge on any atom is 0.294 e. The van der Waals surface area contributed by atoms with Gasteiger partial charge in [0.05, 0.1) is 11.3 Å². The summed E-state index contributed by atoms with van der Waals surface area (Å²) < 4.78 is 7.17. The highest BCUT2D eigenvalue weighted by Crippen LogP contribution is 2.24. The van der Waals surface area contributed by atoms with Crippen LogP contribution in [-0.2, 0) is 6.54 Å². The number of hydrogen-bond donors (Lipinski definition) is 1. The van der Waals surface area contributed by atoms with Crippen LogP contribution in [0.3, 0.4) is 0 Å². The Morgan fingerprint density at radius 1 is 1.23 bits per heavy atom. The van der Waals surface area contributed by atoms with Crippen LogP contribution < -0.4 is 10.1 Å². The second-order valence-electron chi connectivity index (χ2n) is 6.91. The number of rotatable bonds is 9. The number of benzene rings is 2. The quantitative estimate of drug-likeness (QED) is 0.431. The molecule has 0 saturated carbocycles. The summed E-state index contributed by atoms with van der Waals surface area (Å²) in [5.74, 6) is 0.374. The van der Waals surface area contributed by atoms with E-state index < -0.39 is 4.92 Å². The molecule has 1 heterocycles. The Hall–Kier alpha value is -3.72. The van der Waals surface area contributed by atoms with E-state index >= 15 is 0 Å². The van der Waals surface area contributed by atoms with E-state index in [1.54, 1.807) is 12.3 Å². The highest BCUT2D eigenvalue weighted by Gasteiger charge is 2.18. The fourth-order valence-corrected chi connectivity index (χ4v) is 2.76. The van der Waals surface area contributed by atoms with Crippen molar-refractivity contribution in [3.8, 4) is 11.4 Å². The molecular formula is C21H23N5O4. The van der Waals surface area contributed by atoms with Gasteiger partial charge in [0.1, 0.15) is 18.0 Å². The number of hydrogen-bond acceptors (Lipinski definition) is 6. The number of ether oxygens (including phenoxy) is 1. The van der Waals surface area contributed by atoms with E-state index in [2.05, 4.69) is 10.3 Å². The molecule has 30 heavy (non-hydrogen) atoms. The molecule has 0 atom stereocenters. The minimum atomic E-state index is -0.513. The largest absolute Gasteiger partial charge is 0.492 e. The number of aromatic nitrogens is 2. The van der Waals surface area contributed by atoms with Crippen LogP contribution in [0.15, 0.2) is 61.2 Å². The van der Waals surface area contributed by atoms with Gasteiger partial charge in [0, 0.05) is 37.1 Å². The molecule has 0 spiro atoms. The van der Waals surface area contributed by atoms with Crippen LogP contribution in [-0.4, -0.2) is 52.5 Å². The molecular weight excluding hydrogens is 386 g/mol. The summed E-state index contributed by atoms with van der Waals surface area (Å²) in [5, 5.41) is 14.2. The van der Waals surface area contributed by atoms with Gasteiger partial charge in [-0.05, 0) is 43.9 Å². The number of amides is 1. The van der Waals surface area contributed by atoms with E-state index in [9.17, 15) is 14.9 Å². The third kappa shape index (κ3) is 5.42. The van der Waals surface area contributed by atoms with Crippen molar-refractivity contribution in [3.05, 3.63) is 82.4 Å². The molecule has 0 saturated heterocycles. The lowest BCUT2D eigenvalue weighted by Crippen LogP contribution is -2.23. The van der Waals surface area contributed by atoms with E-state index in [0.29, 0.717) is 18.8 Å². The Morgan fingerprint density at radius 3 is 2.63 bits per heavy atom. The second-order valence-corrected chi connectivity index (χ2v) is 6.91. The van der Waals surface area contributed by atoms with Crippen LogP contribution >= 0.6 is 0 Å². The molecule has 0 fully saturated rings. The highest BCUT2D eigenvalue weighted by atomic mass is 16.6. The maximum atomic E-state index is 12.5. The third-order valence-electron chi connectivity index (χ3n) is 4.40. The van der Waals surface area contributed by atoms with Gasteiger partial charge in [-0.1, -0.05) is 12.1 Å². The molecule has 9 heteroatoms. The summed E-state index contributed by atoms with van der Waals surface area (Å²) in [6.45, 7) is 1.72. The van der Waals surface area contributed by atoms with E-state index in [0.717, 1.165) is 17.9 Å². The van der Waals surface area contributed by atoms with Crippen LogP contribution in [0.2, 0.25) is 0 Å². The Bertz CT molecular complexity index is 1000. The minimum Gasteiger partial charge on any atom is -0.492 e. The average Bonchev–Trinajstić information content (AvgIpc) is 3.27. The van der Waals surface area contributed by atoms with E-state index in [-0.39, 0.29) is 17.2 Å². The number of nitro benzene ring substituents is 1. The predicted molar refractivity (Wildman–Crippen MR) is 112 cm³/mol. The predicted octanol–water partition coefficient (Wildman–Crippen LogP) is 2.65. The first-order valence-corrected chi connectivity index (χ1v) is 9.35. The molecule has 156 valence electrons.